The molecule has 1 atom stereocenters. The monoisotopic (exact) mass is 293 g/mol. The van der Waals surface area contributed by atoms with E-state index in [0.29, 0.717) is 6.54 Å². The van der Waals surface area contributed by atoms with Crippen LogP contribution in [0.25, 0.3) is 0 Å². The van der Waals surface area contributed by atoms with Crippen LogP contribution in [0.5, 0.6) is 0 Å². The number of rotatable bonds is 5. The van der Waals surface area contributed by atoms with Gasteiger partial charge in [0.1, 0.15) is 11.5 Å². The molecule has 0 aliphatic carbocycles. The topological polar surface area (TPSA) is 66.7 Å². The van der Waals surface area contributed by atoms with Crippen LogP contribution in [0.2, 0.25) is 0 Å². The highest BCUT2D eigenvalue weighted by Crippen LogP contribution is 2.23. The van der Waals surface area contributed by atoms with Crippen molar-refractivity contribution in [1.82, 2.24) is 15.5 Å². The van der Waals surface area contributed by atoms with Crippen LogP contribution >= 0.6 is 0 Å². The third-order valence-electron chi connectivity index (χ3n) is 4.20. The predicted molar refractivity (Wildman–Crippen MR) is 77.9 cm³/mol. The largest absolute Gasteiger partial charge is 0.465 e. The van der Waals surface area contributed by atoms with Gasteiger partial charge in [0.15, 0.2) is 0 Å². The minimum absolute atomic E-state index is 0.0829. The summed E-state index contributed by atoms with van der Waals surface area (Å²) in [5.41, 5.74) is 0. The van der Waals surface area contributed by atoms with Crippen LogP contribution in [0.15, 0.2) is 16.5 Å². The van der Waals surface area contributed by atoms with Gasteiger partial charge in [-0.15, -0.1) is 0 Å². The Labute approximate surface area is 124 Å². The van der Waals surface area contributed by atoms with Gasteiger partial charge in [-0.3, -0.25) is 9.69 Å². The van der Waals surface area contributed by atoms with Crippen molar-refractivity contribution in [1.29, 1.82) is 0 Å². The third kappa shape index (κ3) is 3.45. The number of furan rings is 1. The van der Waals surface area contributed by atoms with Crippen molar-refractivity contribution < 1.29 is 13.9 Å². The van der Waals surface area contributed by atoms with Gasteiger partial charge >= 0.3 is 0 Å². The molecule has 21 heavy (non-hydrogen) atoms. The highest BCUT2D eigenvalue weighted by atomic mass is 16.5. The van der Waals surface area contributed by atoms with Crippen LogP contribution in [0.4, 0.5) is 0 Å². The molecule has 6 nitrogen and oxygen atoms in total. The number of hydrogen-bond acceptors (Lipinski definition) is 5. The van der Waals surface area contributed by atoms with E-state index in [9.17, 15) is 4.79 Å². The van der Waals surface area contributed by atoms with Gasteiger partial charge in [-0.05, 0) is 19.1 Å². The molecule has 1 amide bonds. The molecular formula is C15H23N3O3. The van der Waals surface area contributed by atoms with Crippen molar-refractivity contribution in [3.8, 4) is 0 Å². The number of aryl methyl sites for hydroxylation is 1. The van der Waals surface area contributed by atoms with E-state index in [0.717, 1.165) is 50.9 Å². The summed E-state index contributed by atoms with van der Waals surface area (Å²) >= 11 is 0. The van der Waals surface area contributed by atoms with Gasteiger partial charge in [-0.1, -0.05) is 0 Å². The summed E-state index contributed by atoms with van der Waals surface area (Å²) in [6.45, 7) is 7.30. The lowest BCUT2D eigenvalue weighted by Gasteiger charge is -2.34. The van der Waals surface area contributed by atoms with Crippen molar-refractivity contribution in [3.63, 3.8) is 0 Å². The van der Waals surface area contributed by atoms with Crippen LogP contribution in [0.3, 0.4) is 0 Å². The number of ether oxygens (including phenoxy) is 1. The fraction of sp³-hybridized carbons (Fsp3) is 0.667. The van der Waals surface area contributed by atoms with E-state index in [4.69, 9.17) is 9.15 Å². The Balaban J connectivity index is 1.64. The zero-order valence-electron chi connectivity index (χ0n) is 12.4. The quantitative estimate of drug-likeness (QED) is 0.817. The fourth-order valence-electron chi connectivity index (χ4n) is 2.75. The Morgan fingerprint density at radius 2 is 2.19 bits per heavy atom. The average molecular weight is 293 g/mol. The maximum atomic E-state index is 12.0. The van der Waals surface area contributed by atoms with Crippen molar-refractivity contribution in [2.45, 2.75) is 13.0 Å². The normalized spacial score (nSPS) is 21.8. The first-order valence-electron chi connectivity index (χ1n) is 7.60. The maximum absolute atomic E-state index is 12.0. The first kappa shape index (κ1) is 14.6. The van der Waals surface area contributed by atoms with Gasteiger partial charge in [0.05, 0.1) is 25.2 Å². The molecule has 2 fully saturated rings. The molecular weight excluding hydrogens is 270 g/mol. The maximum Gasteiger partial charge on any atom is 0.225 e. The lowest BCUT2D eigenvalue weighted by atomic mass is 10.0. The number of hydrogen-bond donors (Lipinski definition) is 2. The van der Waals surface area contributed by atoms with E-state index in [2.05, 4.69) is 15.5 Å². The predicted octanol–water partition coefficient (Wildman–Crippen LogP) is 0.297. The average Bonchev–Trinajstić information content (AvgIpc) is 2.85. The molecule has 0 saturated carbocycles. The van der Waals surface area contributed by atoms with Crippen LogP contribution in [-0.2, 0) is 9.53 Å². The Hall–Kier alpha value is -1.37. The molecule has 1 aromatic heterocycles. The number of morpholine rings is 1. The smallest absolute Gasteiger partial charge is 0.225 e. The number of nitrogens with one attached hydrogen (secondary N) is 2. The highest BCUT2D eigenvalue weighted by Gasteiger charge is 2.29. The van der Waals surface area contributed by atoms with E-state index < -0.39 is 0 Å². The molecule has 2 aliphatic rings. The van der Waals surface area contributed by atoms with Gasteiger partial charge in [0, 0.05) is 32.7 Å². The second-order valence-electron chi connectivity index (χ2n) is 5.71. The molecule has 1 unspecified atom stereocenters. The first-order chi connectivity index (χ1) is 10.2. The Morgan fingerprint density at radius 1 is 1.43 bits per heavy atom. The van der Waals surface area contributed by atoms with E-state index >= 15 is 0 Å². The molecule has 0 bridgehead atoms. The Kier molecular flexibility index (Phi) is 4.57. The lowest BCUT2D eigenvalue weighted by Crippen LogP contribution is -2.52. The SMILES string of the molecule is Cc1ccc(C(CNC(=O)C2CNC2)N2CCOCC2)o1. The Bertz CT molecular complexity index is 478. The molecule has 1 aromatic rings. The van der Waals surface area contributed by atoms with Crippen molar-refractivity contribution in [2.24, 2.45) is 5.92 Å². The molecule has 0 spiro atoms. The molecule has 2 N–H and O–H groups in total. The number of nitrogens with zero attached hydrogens (tertiary/aromatic N) is 1. The molecule has 2 aliphatic heterocycles. The summed E-state index contributed by atoms with van der Waals surface area (Å²) in [4.78, 5) is 14.3. The summed E-state index contributed by atoms with van der Waals surface area (Å²) in [6, 6.07) is 4.06. The van der Waals surface area contributed by atoms with Crippen LogP contribution < -0.4 is 10.6 Å². The van der Waals surface area contributed by atoms with Crippen LogP contribution in [0.1, 0.15) is 17.6 Å². The van der Waals surface area contributed by atoms with Crippen LogP contribution in [0, 0.1) is 12.8 Å². The molecule has 3 heterocycles. The molecule has 116 valence electrons. The summed E-state index contributed by atoms with van der Waals surface area (Å²) in [7, 11) is 0. The molecule has 2 saturated heterocycles. The van der Waals surface area contributed by atoms with Gasteiger partial charge in [-0.2, -0.15) is 0 Å². The second-order valence-corrected chi connectivity index (χ2v) is 5.71. The van der Waals surface area contributed by atoms with Crippen molar-refractivity contribution >= 4 is 5.91 Å². The third-order valence-corrected chi connectivity index (χ3v) is 4.20. The minimum Gasteiger partial charge on any atom is -0.465 e. The first-order valence-corrected chi connectivity index (χ1v) is 7.60. The summed E-state index contributed by atoms with van der Waals surface area (Å²) in [5, 5.41) is 6.19. The van der Waals surface area contributed by atoms with Crippen molar-refractivity contribution in [2.75, 3.05) is 45.9 Å². The minimum atomic E-state index is 0.0829. The molecule has 6 heteroatoms. The zero-order chi connectivity index (χ0) is 14.7. The van der Waals surface area contributed by atoms with E-state index in [1.807, 2.05) is 19.1 Å². The van der Waals surface area contributed by atoms with Gasteiger partial charge in [0.25, 0.3) is 0 Å². The summed E-state index contributed by atoms with van der Waals surface area (Å²) in [6.07, 6.45) is 0. The lowest BCUT2D eigenvalue weighted by molar-refractivity contribution is -0.126. The molecule has 0 aromatic carbocycles. The summed E-state index contributed by atoms with van der Waals surface area (Å²) in [5.74, 6) is 2.07. The summed E-state index contributed by atoms with van der Waals surface area (Å²) < 4.78 is 11.2. The van der Waals surface area contributed by atoms with Crippen LogP contribution in [-0.4, -0.2) is 56.7 Å². The highest BCUT2D eigenvalue weighted by molar-refractivity contribution is 5.80. The zero-order valence-corrected chi connectivity index (χ0v) is 12.4. The number of carbonyl (C=O) groups excluding carboxylic acids is 1. The van der Waals surface area contributed by atoms with Gasteiger partial charge in [-0.25, -0.2) is 0 Å². The molecule has 0 radical (unpaired) electrons. The van der Waals surface area contributed by atoms with E-state index in [1.165, 1.54) is 0 Å². The fourth-order valence-corrected chi connectivity index (χ4v) is 2.75. The number of amides is 1. The van der Waals surface area contributed by atoms with Gasteiger partial charge < -0.3 is 19.8 Å². The molecule has 3 rings (SSSR count). The van der Waals surface area contributed by atoms with Crippen molar-refractivity contribution in [3.05, 3.63) is 23.7 Å². The Morgan fingerprint density at radius 3 is 2.76 bits per heavy atom. The second kappa shape index (κ2) is 6.60. The van der Waals surface area contributed by atoms with Gasteiger partial charge in [0.2, 0.25) is 5.91 Å². The van der Waals surface area contributed by atoms with E-state index in [-0.39, 0.29) is 17.9 Å². The van der Waals surface area contributed by atoms with E-state index in [1.54, 1.807) is 0 Å². The number of carbonyl (C=O) groups is 1. The standard InChI is InChI=1S/C15H23N3O3/c1-11-2-3-14(21-11)13(18-4-6-20-7-5-18)10-17-15(19)12-8-16-9-12/h2-3,12-13,16H,4-10H2,1H3,(H,17,19).